The monoisotopic (exact) mass is 297 g/mol. The summed E-state index contributed by atoms with van der Waals surface area (Å²) >= 11 is 0. The molecule has 1 fully saturated rings. The summed E-state index contributed by atoms with van der Waals surface area (Å²) in [5, 5.41) is 0. The molecule has 0 spiro atoms. The van der Waals surface area contributed by atoms with E-state index in [1.807, 2.05) is 0 Å². The molecule has 0 unspecified atom stereocenters. The van der Waals surface area contributed by atoms with Crippen LogP contribution >= 0.6 is 0 Å². The van der Waals surface area contributed by atoms with E-state index < -0.39 is 29.4 Å². The summed E-state index contributed by atoms with van der Waals surface area (Å²) < 4.78 is 26.6. The second kappa shape index (κ2) is 5.86. The van der Waals surface area contributed by atoms with Crippen molar-refractivity contribution in [3.63, 3.8) is 0 Å². The maximum absolute atomic E-state index is 13.5. The summed E-state index contributed by atoms with van der Waals surface area (Å²) in [5.74, 6) is -4.05. The van der Waals surface area contributed by atoms with Gasteiger partial charge in [0, 0.05) is 26.2 Å². The largest absolute Gasteiger partial charge is 0.361 e. The SMILES string of the molecule is NC(=O)C(=O)N1CCN(C(=O)c2cc(F)ccc2F)CC1. The Kier molecular flexibility index (Phi) is 4.15. The van der Waals surface area contributed by atoms with Gasteiger partial charge in [-0.2, -0.15) is 0 Å². The number of rotatable bonds is 1. The molecule has 1 aromatic carbocycles. The van der Waals surface area contributed by atoms with Gasteiger partial charge in [-0.25, -0.2) is 8.78 Å². The lowest BCUT2D eigenvalue weighted by Gasteiger charge is -2.34. The van der Waals surface area contributed by atoms with Crippen LogP contribution in [-0.2, 0) is 9.59 Å². The zero-order valence-electron chi connectivity index (χ0n) is 11.0. The number of piperazine rings is 1. The molecule has 6 nitrogen and oxygen atoms in total. The number of nitrogens with zero attached hydrogens (tertiary/aromatic N) is 2. The summed E-state index contributed by atoms with van der Waals surface area (Å²) in [4.78, 5) is 36.8. The van der Waals surface area contributed by atoms with Crippen LogP contribution in [0.4, 0.5) is 8.78 Å². The van der Waals surface area contributed by atoms with Crippen molar-refractivity contribution >= 4 is 17.7 Å². The van der Waals surface area contributed by atoms with E-state index >= 15 is 0 Å². The molecule has 21 heavy (non-hydrogen) atoms. The Morgan fingerprint density at radius 2 is 1.57 bits per heavy atom. The molecule has 1 aliphatic heterocycles. The highest BCUT2D eigenvalue weighted by Crippen LogP contribution is 2.14. The van der Waals surface area contributed by atoms with Crippen LogP contribution in [0.15, 0.2) is 18.2 Å². The maximum Gasteiger partial charge on any atom is 0.311 e. The molecule has 0 bridgehead atoms. The minimum atomic E-state index is -1.06. The number of hydrogen-bond acceptors (Lipinski definition) is 3. The van der Waals surface area contributed by atoms with Crippen LogP contribution in [0.25, 0.3) is 0 Å². The first-order valence-electron chi connectivity index (χ1n) is 6.23. The highest BCUT2D eigenvalue weighted by Gasteiger charge is 2.28. The summed E-state index contributed by atoms with van der Waals surface area (Å²) in [6.45, 7) is 0.469. The molecular weight excluding hydrogens is 284 g/mol. The number of hydrogen-bond donors (Lipinski definition) is 1. The molecule has 2 rings (SSSR count). The van der Waals surface area contributed by atoms with Gasteiger partial charge in [-0.05, 0) is 18.2 Å². The molecule has 2 N–H and O–H groups in total. The molecule has 0 radical (unpaired) electrons. The van der Waals surface area contributed by atoms with Gasteiger partial charge < -0.3 is 15.5 Å². The molecule has 0 aromatic heterocycles. The third-order valence-corrected chi connectivity index (χ3v) is 3.22. The molecule has 0 atom stereocenters. The van der Waals surface area contributed by atoms with Gasteiger partial charge in [0.15, 0.2) is 0 Å². The minimum Gasteiger partial charge on any atom is -0.361 e. The topological polar surface area (TPSA) is 83.7 Å². The van der Waals surface area contributed by atoms with Crippen molar-refractivity contribution in [2.75, 3.05) is 26.2 Å². The molecule has 112 valence electrons. The Hall–Kier alpha value is -2.51. The van der Waals surface area contributed by atoms with Gasteiger partial charge in [-0.15, -0.1) is 0 Å². The van der Waals surface area contributed by atoms with Gasteiger partial charge in [-0.1, -0.05) is 0 Å². The maximum atomic E-state index is 13.5. The van der Waals surface area contributed by atoms with Crippen molar-refractivity contribution in [2.24, 2.45) is 5.73 Å². The van der Waals surface area contributed by atoms with E-state index in [-0.39, 0.29) is 31.7 Å². The Bertz CT molecular complexity index is 598. The second-order valence-corrected chi connectivity index (χ2v) is 4.57. The fourth-order valence-electron chi connectivity index (χ4n) is 2.10. The second-order valence-electron chi connectivity index (χ2n) is 4.57. The van der Waals surface area contributed by atoms with E-state index in [0.717, 1.165) is 18.2 Å². The highest BCUT2D eigenvalue weighted by atomic mass is 19.1. The average Bonchev–Trinajstić information content (AvgIpc) is 2.48. The predicted octanol–water partition coefficient (Wildman–Crippen LogP) is -0.266. The molecule has 1 heterocycles. The van der Waals surface area contributed by atoms with Crippen molar-refractivity contribution < 1.29 is 23.2 Å². The lowest BCUT2D eigenvalue weighted by atomic mass is 10.1. The molecule has 8 heteroatoms. The predicted molar refractivity (Wildman–Crippen MR) is 68.0 cm³/mol. The van der Waals surface area contributed by atoms with Crippen molar-refractivity contribution in [3.05, 3.63) is 35.4 Å². The van der Waals surface area contributed by atoms with Crippen LogP contribution in [0.5, 0.6) is 0 Å². The van der Waals surface area contributed by atoms with Gasteiger partial charge in [0.25, 0.3) is 5.91 Å². The molecule has 1 saturated heterocycles. The quantitative estimate of drug-likeness (QED) is 0.725. The van der Waals surface area contributed by atoms with Crippen molar-refractivity contribution in [3.8, 4) is 0 Å². The first-order valence-corrected chi connectivity index (χ1v) is 6.23. The number of primary amides is 1. The fourth-order valence-corrected chi connectivity index (χ4v) is 2.10. The van der Waals surface area contributed by atoms with Crippen LogP contribution < -0.4 is 5.73 Å². The Morgan fingerprint density at radius 1 is 1.00 bits per heavy atom. The van der Waals surface area contributed by atoms with Gasteiger partial charge in [0.05, 0.1) is 5.56 Å². The number of nitrogens with two attached hydrogens (primary N) is 1. The molecule has 3 amide bonds. The van der Waals surface area contributed by atoms with Gasteiger partial charge in [-0.3, -0.25) is 14.4 Å². The zero-order valence-corrected chi connectivity index (χ0v) is 11.0. The number of carbonyl (C=O) groups is 3. The van der Waals surface area contributed by atoms with Crippen LogP contribution in [0.3, 0.4) is 0 Å². The van der Waals surface area contributed by atoms with Crippen molar-refractivity contribution in [1.82, 2.24) is 9.80 Å². The summed E-state index contributed by atoms with van der Waals surface area (Å²) in [6.07, 6.45) is 0. The molecule has 1 aromatic rings. The normalized spacial score (nSPS) is 15.0. The van der Waals surface area contributed by atoms with E-state index in [0.29, 0.717) is 0 Å². The standard InChI is InChI=1S/C13H13F2N3O3/c14-8-1-2-10(15)9(7-8)12(20)17-3-5-18(6-4-17)13(21)11(16)19/h1-2,7H,3-6H2,(H2,16,19). The van der Waals surface area contributed by atoms with Gasteiger partial charge in [0.2, 0.25) is 0 Å². The summed E-state index contributed by atoms with van der Waals surface area (Å²) in [6, 6.07) is 2.64. The molecular formula is C13H13F2N3O3. The van der Waals surface area contributed by atoms with E-state index in [1.165, 1.54) is 9.80 Å². The number of carbonyl (C=O) groups excluding carboxylic acids is 3. The summed E-state index contributed by atoms with van der Waals surface area (Å²) in [5.41, 5.74) is 4.53. The number of amides is 3. The van der Waals surface area contributed by atoms with Crippen LogP contribution in [-0.4, -0.2) is 53.7 Å². The Labute approximate surface area is 119 Å². The fraction of sp³-hybridized carbons (Fsp3) is 0.308. The van der Waals surface area contributed by atoms with Crippen LogP contribution in [0.1, 0.15) is 10.4 Å². The molecule has 0 saturated carbocycles. The minimum absolute atomic E-state index is 0.116. The van der Waals surface area contributed by atoms with Gasteiger partial charge in [0.1, 0.15) is 11.6 Å². The Morgan fingerprint density at radius 3 is 2.14 bits per heavy atom. The van der Waals surface area contributed by atoms with E-state index in [9.17, 15) is 23.2 Å². The lowest BCUT2D eigenvalue weighted by Crippen LogP contribution is -2.53. The third kappa shape index (κ3) is 3.15. The first kappa shape index (κ1) is 14.9. The molecule has 1 aliphatic rings. The first-order chi connectivity index (χ1) is 9.90. The molecule has 0 aliphatic carbocycles. The van der Waals surface area contributed by atoms with Gasteiger partial charge >= 0.3 is 11.8 Å². The van der Waals surface area contributed by atoms with Crippen molar-refractivity contribution in [2.45, 2.75) is 0 Å². The smallest absolute Gasteiger partial charge is 0.311 e. The van der Waals surface area contributed by atoms with Crippen molar-refractivity contribution in [1.29, 1.82) is 0 Å². The average molecular weight is 297 g/mol. The Balaban J connectivity index is 2.05. The van der Waals surface area contributed by atoms with E-state index in [4.69, 9.17) is 5.73 Å². The van der Waals surface area contributed by atoms with Crippen LogP contribution in [0.2, 0.25) is 0 Å². The zero-order chi connectivity index (χ0) is 15.6. The van der Waals surface area contributed by atoms with E-state index in [2.05, 4.69) is 0 Å². The lowest BCUT2D eigenvalue weighted by molar-refractivity contribution is -0.145. The third-order valence-electron chi connectivity index (χ3n) is 3.22. The highest BCUT2D eigenvalue weighted by molar-refractivity contribution is 6.34. The van der Waals surface area contributed by atoms with E-state index in [1.54, 1.807) is 0 Å². The van der Waals surface area contributed by atoms with Crippen LogP contribution in [0, 0.1) is 11.6 Å². The number of halogens is 2. The number of benzene rings is 1. The summed E-state index contributed by atoms with van der Waals surface area (Å²) in [7, 11) is 0.